The average molecular weight is 429 g/mol. The van der Waals surface area contributed by atoms with Crippen LogP contribution in [0.15, 0.2) is 54.6 Å². The maximum atomic E-state index is 12.6. The number of aromatic nitrogens is 2. The van der Waals surface area contributed by atoms with Crippen molar-refractivity contribution in [1.29, 1.82) is 0 Å². The van der Waals surface area contributed by atoms with E-state index < -0.39 is 5.92 Å². The highest BCUT2D eigenvalue weighted by molar-refractivity contribution is 7.15. The molecule has 1 saturated heterocycles. The van der Waals surface area contributed by atoms with Gasteiger partial charge in [-0.05, 0) is 36.4 Å². The molecular formula is C20H17ClN4O3S. The number of benzene rings is 2. The second-order valence-electron chi connectivity index (χ2n) is 6.47. The fraction of sp³-hybridized carbons (Fsp3) is 0.200. The standard InChI is InChI=1S/C20H17ClN4O3S/c21-14-6-8-16(9-7-14)28-12-17-23-24-20(29-17)22-19(27)13-10-18(26)25(11-13)15-4-2-1-3-5-15/h1-9,13H,10-12H2,(H,22,24,27). The van der Waals surface area contributed by atoms with E-state index in [1.807, 2.05) is 30.3 Å². The van der Waals surface area contributed by atoms with Gasteiger partial charge in [-0.15, -0.1) is 10.2 Å². The van der Waals surface area contributed by atoms with Crippen LogP contribution in [-0.4, -0.2) is 28.6 Å². The Morgan fingerprint density at radius 1 is 1.17 bits per heavy atom. The Labute approximate surface area is 176 Å². The molecule has 7 nitrogen and oxygen atoms in total. The summed E-state index contributed by atoms with van der Waals surface area (Å²) in [6.07, 6.45) is 0.173. The molecule has 1 N–H and O–H groups in total. The molecule has 2 heterocycles. The Kier molecular flexibility index (Phi) is 5.73. The Hall–Kier alpha value is -2.97. The van der Waals surface area contributed by atoms with Crippen molar-refractivity contribution in [2.75, 3.05) is 16.8 Å². The van der Waals surface area contributed by atoms with Crippen LogP contribution in [-0.2, 0) is 16.2 Å². The molecule has 0 spiro atoms. The van der Waals surface area contributed by atoms with Gasteiger partial charge >= 0.3 is 0 Å². The lowest BCUT2D eigenvalue weighted by Gasteiger charge is -2.16. The summed E-state index contributed by atoms with van der Waals surface area (Å²) < 4.78 is 5.63. The Morgan fingerprint density at radius 2 is 1.93 bits per heavy atom. The van der Waals surface area contributed by atoms with Gasteiger partial charge in [0, 0.05) is 23.7 Å². The number of halogens is 1. The van der Waals surface area contributed by atoms with Gasteiger partial charge in [0.05, 0.1) is 5.92 Å². The molecule has 2 amide bonds. The minimum absolute atomic E-state index is 0.0642. The number of anilines is 2. The monoisotopic (exact) mass is 428 g/mol. The van der Waals surface area contributed by atoms with Crippen LogP contribution in [0, 0.1) is 5.92 Å². The van der Waals surface area contributed by atoms with E-state index in [2.05, 4.69) is 15.5 Å². The largest absolute Gasteiger partial charge is 0.486 e. The van der Waals surface area contributed by atoms with Crippen LogP contribution < -0.4 is 15.0 Å². The lowest BCUT2D eigenvalue weighted by atomic mass is 10.1. The van der Waals surface area contributed by atoms with E-state index in [0.29, 0.717) is 27.5 Å². The summed E-state index contributed by atoms with van der Waals surface area (Å²) in [6, 6.07) is 16.3. The van der Waals surface area contributed by atoms with Gasteiger partial charge in [-0.3, -0.25) is 9.59 Å². The zero-order valence-electron chi connectivity index (χ0n) is 15.2. The van der Waals surface area contributed by atoms with Crippen molar-refractivity contribution in [3.8, 4) is 5.75 Å². The number of rotatable bonds is 6. The normalized spacial score (nSPS) is 16.1. The van der Waals surface area contributed by atoms with Crippen LogP contribution in [0.1, 0.15) is 11.4 Å². The van der Waals surface area contributed by atoms with Crippen LogP contribution in [0.5, 0.6) is 5.75 Å². The van der Waals surface area contributed by atoms with Crippen molar-refractivity contribution in [1.82, 2.24) is 10.2 Å². The second-order valence-corrected chi connectivity index (χ2v) is 7.97. The quantitative estimate of drug-likeness (QED) is 0.646. The summed E-state index contributed by atoms with van der Waals surface area (Å²) >= 11 is 7.08. The highest BCUT2D eigenvalue weighted by Crippen LogP contribution is 2.26. The van der Waals surface area contributed by atoms with E-state index in [0.717, 1.165) is 5.69 Å². The van der Waals surface area contributed by atoms with Gasteiger partial charge in [0.25, 0.3) is 0 Å². The summed E-state index contributed by atoms with van der Waals surface area (Å²) in [4.78, 5) is 26.5. The van der Waals surface area contributed by atoms with E-state index in [4.69, 9.17) is 16.3 Å². The predicted molar refractivity (Wildman–Crippen MR) is 111 cm³/mol. The Balaban J connectivity index is 1.32. The summed E-state index contributed by atoms with van der Waals surface area (Å²) in [7, 11) is 0. The molecule has 29 heavy (non-hydrogen) atoms. The van der Waals surface area contributed by atoms with Gasteiger partial charge in [-0.1, -0.05) is 41.1 Å². The summed E-state index contributed by atoms with van der Waals surface area (Å²) in [6.45, 7) is 0.582. The van der Waals surface area contributed by atoms with E-state index in [-0.39, 0.29) is 24.8 Å². The molecule has 2 aromatic carbocycles. The third-order valence-corrected chi connectivity index (χ3v) is 5.50. The van der Waals surface area contributed by atoms with Gasteiger partial charge in [0.1, 0.15) is 12.4 Å². The smallest absolute Gasteiger partial charge is 0.231 e. The van der Waals surface area contributed by atoms with Crippen molar-refractivity contribution in [2.24, 2.45) is 5.92 Å². The third-order valence-electron chi connectivity index (χ3n) is 4.44. The van der Waals surface area contributed by atoms with Gasteiger partial charge in [0.15, 0.2) is 5.01 Å². The molecule has 3 aromatic rings. The van der Waals surface area contributed by atoms with Crippen LogP contribution in [0.2, 0.25) is 5.02 Å². The Morgan fingerprint density at radius 3 is 2.69 bits per heavy atom. The predicted octanol–water partition coefficient (Wildman–Crippen LogP) is 3.76. The molecule has 0 radical (unpaired) electrons. The molecule has 0 saturated carbocycles. The number of carbonyl (C=O) groups is 2. The maximum Gasteiger partial charge on any atom is 0.231 e. The average Bonchev–Trinajstić information content (AvgIpc) is 3.34. The van der Waals surface area contributed by atoms with Gasteiger partial charge in [-0.25, -0.2) is 0 Å². The van der Waals surface area contributed by atoms with E-state index in [9.17, 15) is 9.59 Å². The van der Waals surface area contributed by atoms with Crippen molar-refractivity contribution >= 4 is 45.6 Å². The van der Waals surface area contributed by atoms with E-state index in [1.165, 1.54) is 11.3 Å². The molecule has 1 aliphatic rings. The van der Waals surface area contributed by atoms with Crippen LogP contribution in [0.25, 0.3) is 0 Å². The third kappa shape index (κ3) is 4.72. The molecule has 1 aliphatic heterocycles. The number of ether oxygens (including phenoxy) is 1. The molecule has 1 aromatic heterocycles. The first-order valence-electron chi connectivity index (χ1n) is 8.95. The van der Waals surface area contributed by atoms with Crippen molar-refractivity contribution in [2.45, 2.75) is 13.0 Å². The van der Waals surface area contributed by atoms with Crippen LogP contribution >= 0.6 is 22.9 Å². The molecule has 148 valence electrons. The van der Waals surface area contributed by atoms with Crippen molar-refractivity contribution in [3.63, 3.8) is 0 Å². The number of amides is 2. The molecule has 1 unspecified atom stereocenters. The molecule has 0 aliphatic carbocycles. The maximum absolute atomic E-state index is 12.6. The highest BCUT2D eigenvalue weighted by Gasteiger charge is 2.35. The lowest BCUT2D eigenvalue weighted by Crippen LogP contribution is -2.28. The number of hydrogen-bond acceptors (Lipinski definition) is 6. The number of para-hydroxylation sites is 1. The van der Waals surface area contributed by atoms with E-state index >= 15 is 0 Å². The molecular weight excluding hydrogens is 412 g/mol. The van der Waals surface area contributed by atoms with Crippen molar-refractivity contribution in [3.05, 3.63) is 64.6 Å². The molecule has 1 atom stereocenters. The second kappa shape index (κ2) is 8.59. The molecule has 0 bridgehead atoms. The number of nitrogens with one attached hydrogen (secondary N) is 1. The van der Waals surface area contributed by atoms with E-state index in [1.54, 1.807) is 29.2 Å². The van der Waals surface area contributed by atoms with Gasteiger partial charge in [-0.2, -0.15) is 0 Å². The zero-order chi connectivity index (χ0) is 20.2. The summed E-state index contributed by atoms with van der Waals surface area (Å²) in [5.41, 5.74) is 0.797. The number of hydrogen-bond donors (Lipinski definition) is 1. The summed E-state index contributed by atoms with van der Waals surface area (Å²) in [5.74, 6) is -0.0650. The first kappa shape index (κ1) is 19.4. The highest BCUT2D eigenvalue weighted by atomic mass is 35.5. The first-order chi connectivity index (χ1) is 14.1. The number of nitrogens with zero attached hydrogens (tertiary/aromatic N) is 3. The SMILES string of the molecule is O=C(Nc1nnc(COc2ccc(Cl)cc2)s1)C1CC(=O)N(c2ccccc2)C1. The molecule has 9 heteroatoms. The minimum Gasteiger partial charge on any atom is -0.486 e. The fourth-order valence-electron chi connectivity index (χ4n) is 2.99. The van der Waals surface area contributed by atoms with Crippen molar-refractivity contribution < 1.29 is 14.3 Å². The van der Waals surface area contributed by atoms with Gasteiger partial charge in [0.2, 0.25) is 16.9 Å². The number of carbonyl (C=O) groups excluding carboxylic acids is 2. The lowest BCUT2D eigenvalue weighted by molar-refractivity contribution is -0.122. The molecule has 1 fully saturated rings. The van der Waals surface area contributed by atoms with Crippen LogP contribution in [0.3, 0.4) is 0 Å². The fourth-order valence-corrected chi connectivity index (χ4v) is 3.77. The molecule has 4 rings (SSSR count). The minimum atomic E-state index is -0.430. The zero-order valence-corrected chi connectivity index (χ0v) is 16.8. The van der Waals surface area contributed by atoms with Crippen LogP contribution in [0.4, 0.5) is 10.8 Å². The topological polar surface area (TPSA) is 84.4 Å². The summed E-state index contributed by atoms with van der Waals surface area (Å²) in [5, 5.41) is 12.4. The Bertz CT molecular complexity index is 1010. The van der Waals surface area contributed by atoms with Gasteiger partial charge < -0.3 is 15.0 Å². The first-order valence-corrected chi connectivity index (χ1v) is 10.1.